The molecule has 17 heavy (non-hydrogen) atoms. The van der Waals surface area contributed by atoms with Gasteiger partial charge in [0.1, 0.15) is 11.8 Å². The van der Waals surface area contributed by atoms with Gasteiger partial charge in [0.2, 0.25) is 0 Å². The van der Waals surface area contributed by atoms with Crippen LogP contribution < -0.4 is 5.73 Å². The van der Waals surface area contributed by atoms with Gasteiger partial charge in [-0.3, -0.25) is 0 Å². The van der Waals surface area contributed by atoms with Gasteiger partial charge >= 0.3 is 0 Å². The van der Waals surface area contributed by atoms with Gasteiger partial charge in [0.05, 0.1) is 5.56 Å². The number of benzene rings is 1. The summed E-state index contributed by atoms with van der Waals surface area (Å²) in [6.45, 7) is 1.81. The van der Waals surface area contributed by atoms with Gasteiger partial charge < -0.3 is 10.8 Å². The minimum Gasteiger partial charge on any atom is -0.506 e. The van der Waals surface area contributed by atoms with Crippen molar-refractivity contribution < 1.29 is 5.11 Å². The second-order valence-corrected chi connectivity index (χ2v) is 5.02. The van der Waals surface area contributed by atoms with E-state index in [1.165, 1.54) is 6.42 Å². The van der Waals surface area contributed by atoms with Crippen LogP contribution in [-0.4, -0.2) is 5.11 Å². The molecule has 1 fully saturated rings. The highest BCUT2D eigenvalue weighted by molar-refractivity contribution is 5.51. The highest BCUT2D eigenvalue weighted by Crippen LogP contribution is 2.37. The van der Waals surface area contributed by atoms with E-state index < -0.39 is 0 Å². The summed E-state index contributed by atoms with van der Waals surface area (Å²) in [5, 5.41) is 18.7. The van der Waals surface area contributed by atoms with Gasteiger partial charge in [-0.2, -0.15) is 5.26 Å². The van der Waals surface area contributed by atoms with E-state index in [0.29, 0.717) is 5.56 Å². The molecule has 0 aliphatic heterocycles. The zero-order chi connectivity index (χ0) is 12.5. The first-order valence-corrected chi connectivity index (χ1v) is 6.10. The smallest absolute Gasteiger partial charge is 0.136 e. The van der Waals surface area contributed by atoms with Gasteiger partial charge in [0, 0.05) is 5.54 Å². The van der Waals surface area contributed by atoms with Crippen molar-refractivity contribution >= 4 is 0 Å². The van der Waals surface area contributed by atoms with Crippen molar-refractivity contribution in [1.82, 2.24) is 0 Å². The number of nitrogens with two attached hydrogens (primary N) is 1. The molecule has 2 rings (SSSR count). The summed E-state index contributed by atoms with van der Waals surface area (Å²) in [6.07, 6.45) is 5.43. The monoisotopic (exact) mass is 230 g/mol. The Morgan fingerprint density at radius 3 is 2.53 bits per heavy atom. The highest BCUT2D eigenvalue weighted by Gasteiger charge is 2.30. The summed E-state index contributed by atoms with van der Waals surface area (Å²) in [6, 6.07) is 5.69. The van der Waals surface area contributed by atoms with Crippen LogP contribution in [0.2, 0.25) is 0 Å². The van der Waals surface area contributed by atoms with Crippen LogP contribution in [0.15, 0.2) is 12.1 Å². The molecule has 0 aromatic heterocycles. The van der Waals surface area contributed by atoms with E-state index in [9.17, 15) is 5.11 Å². The van der Waals surface area contributed by atoms with E-state index in [4.69, 9.17) is 11.0 Å². The van der Waals surface area contributed by atoms with Gasteiger partial charge in [-0.25, -0.2) is 0 Å². The fourth-order valence-electron chi connectivity index (χ4n) is 2.62. The summed E-state index contributed by atoms with van der Waals surface area (Å²) in [4.78, 5) is 0. The third-order valence-electron chi connectivity index (χ3n) is 3.74. The van der Waals surface area contributed by atoms with Crippen LogP contribution in [0.5, 0.6) is 5.75 Å². The second-order valence-electron chi connectivity index (χ2n) is 5.02. The lowest BCUT2D eigenvalue weighted by molar-refractivity contribution is 0.302. The van der Waals surface area contributed by atoms with Gasteiger partial charge in [-0.05, 0) is 37.0 Å². The van der Waals surface area contributed by atoms with Gasteiger partial charge in [0.25, 0.3) is 0 Å². The number of hydrogen-bond acceptors (Lipinski definition) is 3. The van der Waals surface area contributed by atoms with Crippen LogP contribution in [0.1, 0.15) is 48.8 Å². The zero-order valence-corrected chi connectivity index (χ0v) is 10.2. The molecule has 1 aromatic rings. The maximum atomic E-state index is 9.74. The quantitative estimate of drug-likeness (QED) is 0.779. The van der Waals surface area contributed by atoms with E-state index in [2.05, 4.69) is 0 Å². The predicted octanol–water partition coefficient (Wildman–Crippen LogP) is 2.69. The Morgan fingerprint density at radius 1 is 1.29 bits per heavy atom. The molecule has 1 aliphatic carbocycles. The topological polar surface area (TPSA) is 70.0 Å². The van der Waals surface area contributed by atoms with Crippen molar-refractivity contribution in [1.29, 1.82) is 5.26 Å². The van der Waals surface area contributed by atoms with Crippen LogP contribution in [0, 0.1) is 18.3 Å². The number of aryl methyl sites for hydroxylation is 1. The molecule has 0 radical (unpaired) electrons. The minimum absolute atomic E-state index is 0.0793. The van der Waals surface area contributed by atoms with Crippen molar-refractivity contribution in [2.24, 2.45) is 5.73 Å². The third-order valence-corrected chi connectivity index (χ3v) is 3.74. The van der Waals surface area contributed by atoms with E-state index in [0.717, 1.165) is 36.8 Å². The Balaban J connectivity index is 2.45. The van der Waals surface area contributed by atoms with Gasteiger partial charge in [-0.15, -0.1) is 0 Å². The largest absolute Gasteiger partial charge is 0.506 e. The minimum atomic E-state index is -0.317. The normalized spacial score (nSPS) is 18.6. The fraction of sp³-hybridized carbons (Fsp3) is 0.500. The average molecular weight is 230 g/mol. The van der Waals surface area contributed by atoms with Crippen molar-refractivity contribution in [3.05, 3.63) is 28.8 Å². The molecule has 3 heteroatoms. The molecule has 0 spiro atoms. The first-order chi connectivity index (χ1) is 8.07. The SMILES string of the molecule is Cc1cc(C2(N)CCCCC2)cc(C#N)c1O. The average Bonchev–Trinajstić information content (AvgIpc) is 2.33. The van der Waals surface area contributed by atoms with E-state index >= 15 is 0 Å². The second kappa shape index (κ2) is 4.38. The van der Waals surface area contributed by atoms with Crippen molar-refractivity contribution in [2.75, 3.05) is 0 Å². The van der Waals surface area contributed by atoms with Crippen molar-refractivity contribution in [3.63, 3.8) is 0 Å². The van der Waals surface area contributed by atoms with E-state index in [1.807, 2.05) is 19.1 Å². The van der Waals surface area contributed by atoms with Crippen LogP contribution >= 0.6 is 0 Å². The van der Waals surface area contributed by atoms with Crippen molar-refractivity contribution in [3.8, 4) is 11.8 Å². The van der Waals surface area contributed by atoms with E-state index in [-0.39, 0.29) is 11.3 Å². The molecule has 1 aromatic carbocycles. The molecule has 0 atom stereocenters. The lowest BCUT2D eigenvalue weighted by Crippen LogP contribution is -2.38. The molecule has 0 bridgehead atoms. The maximum absolute atomic E-state index is 9.74. The van der Waals surface area contributed by atoms with Crippen LogP contribution in [-0.2, 0) is 5.54 Å². The van der Waals surface area contributed by atoms with Gasteiger partial charge in [0.15, 0.2) is 0 Å². The van der Waals surface area contributed by atoms with Gasteiger partial charge in [-0.1, -0.05) is 25.3 Å². The summed E-state index contributed by atoms with van der Waals surface area (Å²) in [5.41, 5.74) is 8.16. The first-order valence-electron chi connectivity index (χ1n) is 6.10. The molecular formula is C14H18N2O. The third kappa shape index (κ3) is 2.13. The molecule has 0 amide bonds. The summed E-state index contributed by atoms with van der Waals surface area (Å²) < 4.78 is 0. The lowest BCUT2D eigenvalue weighted by atomic mass is 9.76. The van der Waals surface area contributed by atoms with Crippen LogP contribution in [0.3, 0.4) is 0 Å². The number of aromatic hydroxyl groups is 1. The van der Waals surface area contributed by atoms with Crippen LogP contribution in [0.4, 0.5) is 0 Å². The van der Waals surface area contributed by atoms with Crippen LogP contribution in [0.25, 0.3) is 0 Å². The Kier molecular flexibility index (Phi) is 3.08. The molecule has 90 valence electrons. The molecule has 0 heterocycles. The van der Waals surface area contributed by atoms with Crippen molar-refractivity contribution in [2.45, 2.75) is 44.6 Å². The number of phenols is 1. The number of phenolic OH excluding ortho intramolecular Hbond substituents is 1. The number of rotatable bonds is 1. The molecule has 3 N–H and O–H groups in total. The summed E-state index contributed by atoms with van der Waals surface area (Å²) in [7, 11) is 0. The molecule has 0 unspecified atom stereocenters. The molecule has 1 saturated carbocycles. The Labute approximate surface area is 102 Å². The molecule has 0 saturated heterocycles. The Hall–Kier alpha value is -1.53. The summed E-state index contributed by atoms with van der Waals surface area (Å²) >= 11 is 0. The number of nitriles is 1. The first kappa shape index (κ1) is 11.9. The zero-order valence-electron chi connectivity index (χ0n) is 10.2. The molecule has 1 aliphatic rings. The maximum Gasteiger partial charge on any atom is 0.136 e. The lowest BCUT2D eigenvalue weighted by Gasteiger charge is -2.34. The Bertz CT molecular complexity index is 468. The number of nitrogens with zero attached hydrogens (tertiary/aromatic N) is 1. The summed E-state index contributed by atoms with van der Waals surface area (Å²) in [5.74, 6) is 0.0793. The molecular weight excluding hydrogens is 212 g/mol. The highest BCUT2D eigenvalue weighted by atomic mass is 16.3. The predicted molar refractivity (Wildman–Crippen MR) is 66.5 cm³/mol. The fourth-order valence-corrected chi connectivity index (χ4v) is 2.62. The molecule has 3 nitrogen and oxygen atoms in total. The van der Waals surface area contributed by atoms with E-state index in [1.54, 1.807) is 6.07 Å². The standard InChI is InChI=1S/C14H18N2O/c1-10-7-12(8-11(9-15)13(10)17)14(16)5-3-2-4-6-14/h7-8,17H,2-6,16H2,1H3. The Morgan fingerprint density at radius 2 is 1.94 bits per heavy atom. The number of hydrogen-bond donors (Lipinski definition) is 2.